The van der Waals surface area contributed by atoms with Gasteiger partial charge in [0.2, 0.25) is 0 Å². The van der Waals surface area contributed by atoms with Crippen molar-refractivity contribution in [1.82, 2.24) is 0 Å². The molecule has 0 aliphatic heterocycles. The summed E-state index contributed by atoms with van der Waals surface area (Å²) >= 11 is -1.65. The molecule has 0 atom stereocenters. The molecule has 82 valence electrons. The van der Waals surface area contributed by atoms with Crippen molar-refractivity contribution in [2.45, 2.75) is 17.5 Å². The molecule has 0 spiro atoms. The predicted octanol–water partition coefficient (Wildman–Crippen LogP) is 2.71. The van der Waals surface area contributed by atoms with Crippen LogP contribution in [0.4, 0.5) is 0 Å². The van der Waals surface area contributed by atoms with Gasteiger partial charge in [0.1, 0.15) is 0 Å². The Labute approximate surface area is 106 Å². The fraction of sp³-hybridized carbons (Fsp3) is 0.200. The minimum absolute atomic E-state index is 1.31. The van der Waals surface area contributed by atoms with Gasteiger partial charge in [0, 0.05) is 0 Å². The van der Waals surface area contributed by atoms with E-state index < -0.39 is 21.8 Å². The molecule has 0 aliphatic carbocycles. The van der Waals surface area contributed by atoms with Crippen LogP contribution in [0.3, 0.4) is 0 Å². The van der Waals surface area contributed by atoms with Crippen molar-refractivity contribution in [3.05, 3.63) is 60.7 Å². The molecule has 0 aliphatic rings. The maximum atomic E-state index is 2.32. The molecule has 0 N–H and O–H groups in total. The van der Waals surface area contributed by atoms with Gasteiger partial charge in [-0.2, -0.15) is 0 Å². The van der Waals surface area contributed by atoms with Crippen molar-refractivity contribution >= 4 is 28.3 Å². The van der Waals surface area contributed by atoms with Gasteiger partial charge in [-0.15, -0.1) is 0 Å². The van der Waals surface area contributed by atoms with Crippen molar-refractivity contribution in [3.8, 4) is 0 Å². The van der Waals surface area contributed by atoms with Crippen LogP contribution in [-0.2, 0) is 0 Å². The second-order valence-electron chi connectivity index (χ2n) is 3.82. The van der Waals surface area contributed by atoms with Crippen LogP contribution in [0.25, 0.3) is 0 Å². The maximum absolute atomic E-state index is 2.32. The van der Waals surface area contributed by atoms with Crippen LogP contribution in [0.2, 0.25) is 4.13 Å². The Bertz CT molecular complexity index is 368. The standard InChI is InChI=1S/2C6H5.C3H7.Bi/c2*1-2-4-6-5-3-1;1-3-2;/h2*1-5H;1,3H2,2H3;. The van der Waals surface area contributed by atoms with E-state index in [2.05, 4.69) is 67.6 Å². The molecule has 0 unspecified atom stereocenters. The van der Waals surface area contributed by atoms with Gasteiger partial charge in [-0.25, -0.2) is 0 Å². The topological polar surface area (TPSA) is 0 Å². The summed E-state index contributed by atoms with van der Waals surface area (Å²) in [5.74, 6) is 0. The summed E-state index contributed by atoms with van der Waals surface area (Å²) in [6.45, 7) is 2.30. The van der Waals surface area contributed by atoms with E-state index in [9.17, 15) is 0 Å². The summed E-state index contributed by atoms with van der Waals surface area (Å²) in [5, 5.41) is 0. The van der Waals surface area contributed by atoms with Crippen molar-refractivity contribution in [2.24, 2.45) is 0 Å². The second-order valence-corrected chi connectivity index (χ2v) is 12.9. The van der Waals surface area contributed by atoms with Gasteiger partial charge in [0.25, 0.3) is 0 Å². The van der Waals surface area contributed by atoms with E-state index in [0.29, 0.717) is 0 Å². The Morgan fingerprint density at radius 3 is 1.56 bits per heavy atom. The predicted molar refractivity (Wildman–Crippen MR) is 73.0 cm³/mol. The van der Waals surface area contributed by atoms with Crippen LogP contribution in [0.5, 0.6) is 0 Å². The van der Waals surface area contributed by atoms with E-state index in [0.717, 1.165) is 0 Å². The normalized spacial score (nSPS) is 10.6. The van der Waals surface area contributed by atoms with Crippen molar-refractivity contribution in [1.29, 1.82) is 0 Å². The molecule has 0 radical (unpaired) electrons. The van der Waals surface area contributed by atoms with Crippen LogP contribution in [-0.4, -0.2) is 21.8 Å². The molecule has 1 heteroatoms. The Balaban J connectivity index is 2.31. The average molecular weight is 406 g/mol. The number of hydrogen-bond acceptors (Lipinski definition) is 0. The molecule has 2 rings (SSSR count). The molecular formula is C15H17Bi. The third kappa shape index (κ3) is 2.92. The third-order valence-electron chi connectivity index (χ3n) is 2.58. The first-order chi connectivity index (χ1) is 7.92. The Morgan fingerprint density at radius 1 is 0.750 bits per heavy atom. The number of hydrogen-bond donors (Lipinski definition) is 0. The number of rotatable bonds is 4. The quantitative estimate of drug-likeness (QED) is 0.686. The van der Waals surface area contributed by atoms with Gasteiger partial charge in [0.15, 0.2) is 0 Å². The van der Waals surface area contributed by atoms with Crippen molar-refractivity contribution in [2.75, 3.05) is 0 Å². The molecule has 0 fully saturated rings. The first kappa shape index (κ1) is 11.8. The summed E-state index contributed by atoms with van der Waals surface area (Å²) in [6.07, 6.45) is 1.31. The van der Waals surface area contributed by atoms with Crippen LogP contribution in [0.15, 0.2) is 60.7 Å². The molecule has 0 saturated heterocycles. The number of benzene rings is 2. The summed E-state index contributed by atoms with van der Waals surface area (Å²) in [5.41, 5.74) is 0. The molecule has 0 amide bonds. The third-order valence-corrected chi connectivity index (χ3v) is 13.2. The van der Waals surface area contributed by atoms with E-state index >= 15 is 0 Å². The molecule has 0 aromatic heterocycles. The molecule has 0 nitrogen and oxygen atoms in total. The van der Waals surface area contributed by atoms with Gasteiger partial charge in [-0.05, 0) is 0 Å². The zero-order chi connectivity index (χ0) is 11.2. The first-order valence-corrected chi connectivity index (χ1v) is 11.7. The van der Waals surface area contributed by atoms with Crippen molar-refractivity contribution < 1.29 is 0 Å². The van der Waals surface area contributed by atoms with Gasteiger partial charge < -0.3 is 0 Å². The van der Waals surface area contributed by atoms with Crippen LogP contribution >= 0.6 is 0 Å². The van der Waals surface area contributed by atoms with Crippen LogP contribution in [0.1, 0.15) is 13.3 Å². The van der Waals surface area contributed by atoms with Gasteiger partial charge >= 0.3 is 106 Å². The Kier molecular flexibility index (Phi) is 4.54. The summed E-state index contributed by atoms with van der Waals surface area (Å²) in [6, 6.07) is 22.2. The van der Waals surface area contributed by atoms with E-state index in [1.54, 1.807) is 6.54 Å². The van der Waals surface area contributed by atoms with E-state index in [4.69, 9.17) is 0 Å². The average Bonchev–Trinajstić information content (AvgIpc) is 2.38. The fourth-order valence-electron chi connectivity index (χ4n) is 1.85. The molecule has 16 heavy (non-hydrogen) atoms. The van der Waals surface area contributed by atoms with E-state index in [1.807, 2.05) is 0 Å². The van der Waals surface area contributed by atoms with Gasteiger partial charge in [-0.3, -0.25) is 0 Å². The zero-order valence-electron chi connectivity index (χ0n) is 9.63. The second kappa shape index (κ2) is 6.16. The molecular weight excluding hydrogens is 389 g/mol. The molecule has 0 heterocycles. The zero-order valence-corrected chi connectivity index (χ0v) is 13.1. The Morgan fingerprint density at radius 2 is 1.19 bits per heavy atom. The SMILES string of the molecule is CC[CH2][Bi]([c]1ccccc1)[c]1ccccc1. The first-order valence-electron chi connectivity index (χ1n) is 5.79. The van der Waals surface area contributed by atoms with Gasteiger partial charge in [0.05, 0.1) is 0 Å². The van der Waals surface area contributed by atoms with Gasteiger partial charge in [-0.1, -0.05) is 0 Å². The summed E-state index contributed by atoms with van der Waals surface area (Å²) in [7, 11) is 0. The molecule has 0 bridgehead atoms. The molecule has 2 aromatic rings. The Hall–Kier alpha value is -0.677. The molecule has 0 saturated carbocycles. The van der Waals surface area contributed by atoms with Crippen LogP contribution in [0, 0.1) is 0 Å². The molecule has 2 aromatic carbocycles. The van der Waals surface area contributed by atoms with Crippen LogP contribution < -0.4 is 6.54 Å². The monoisotopic (exact) mass is 406 g/mol. The van der Waals surface area contributed by atoms with E-state index in [1.165, 1.54) is 10.5 Å². The minimum atomic E-state index is -1.65. The summed E-state index contributed by atoms with van der Waals surface area (Å²) in [4.78, 5) is 0. The summed E-state index contributed by atoms with van der Waals surface area (Å²) < 4.78 is 4.68. The van der Waals surface area contributed by atoms with Crippen molar-refractivity contribution in [3.63, 3.8) is 0 Å². The fourth-order valence-corrected chi connectivity index (χ4v) is 10.9. The van der Waals surface area contributed by atoms with E-state index in [-0.39, 0.29) is 0 Å².